The highest BCUT2D eigenvalue weighted by molar-refractivity contribution is 7.15. The first-order chi connectivity index (χ1) is 14.5. The minimum Gasteiger partial charge on any atom is -0.339 e. The van der Waals surface area contributed by atoms with E-state index in [1.807, 2.05) is 24.3 Å². The normalized spacial score (nSPS) is 10.9. The minimum absolute atomic E-state index is 0.175. The molecule has 0 fully saturated rings. The summed E-state index contributed by atoms with van der Waals surface area (Å²) in [5, 5.41) is 7.88. The van der Waals surface area contributed by atoms with Gasteiger partial charge in [0.25, 0.3) is 0 Å². The van der Waals surface area contributed by atoms with Gasteiger partial charge in [0.15, 0.2) is 5.13 Å². The Balaban J connectivity index is 1.29. The maximum Gasteiger partial charge on any atom is 0.227 e. The third kappa shape index (κ3) is 5.28. The lowest BCUT2D eigenvalue weighted by molar-refractivity contribution is -0.116. The van der Waals surface area contributed by atoms with Gasteiger partial charge in [-0.25, -0.2) is 9.37 Å². The molecular weight excluding hydrogens is 427 g/mol. The van der Waals surface area contributed by atoms with Crippen LogP contribution in [0.15, 0.2) is 59.3 Å². The van der Waals surface area contributed by atoms with Crippen LogP contribution >= 0.6 is 22.9 Å². The molecule has 2 heterocycles. The van der Waals surface area contributed by atoms with E-state index in [9.17, 15) is 9.18 Å². The predicted molar refractivity (Wildman–Crippen MR) is 113 cm³/mol. The molecule has 1 N–H and O–H groups in total. The Morgan fingerprint density at radius 3 is 2.83 bits per heavy atom. The molecule has 9 heteroatoms. The van der Waals surface area contributed by atoms with Gasteiger partial charge in [-0.05, 0) is 42.0 Å². The highest BCUT2D eigenvalue weighted by Crippen LogP contribution is 2.23. The van der Waals surface area contributed by atoms with Crippen molar-refractivity contribution in [2.75, 3.05) is 5.32 Å². The summed E-state index contributed by atoms with van der Waals surface area (Å²) < 4.78 is 18.2. The fraction of sp³-hybridized carbons (Fsp3) is 0.143. The molecule has 30 heavy (non-hydrogen) atoms. The van der Waals surface area contributed by atoms with Gasteiger partial charge in [-0.2, -0.15) is 4.98 Å². The van der Waals surface area contributed by atoms with Gasteiger partial charge in [-0.3, -0.25) is 4.79 Å². The van der Waals surface area contributed by atoms with Gasteiger partial charge >= 0.3 is 0 Å². The maximum absolute atomic E-state index is 13.0. The van der Waals surface area contributed by atoms with Crippen LogP contribution in [-0.2, 0) is 17.6 Å². The van der Waals surface area contributed by atoms with Gasteiger partial charge in [0, 0.05) is 40.9 Å². The third-order valence-electron chi connectivity index (χ3n) is 4.20. The molecule has 2 aromatic heterocycles. The van der Waals surface area contributed by atoms with Crippen LogP contribution in [0.1, 0.15) is 22.8 Å². The Morgan fingerprint density at radius 2 is 2.03 bits per heavy atom. The van der Waals surface area contributed by atoms with Crippen molar-refractivity contribution < 1.29 is 13.7 Å². The Morgan fingerprint density at radius 1 is 1.20 bits per heavy atom. The summed E-state index contributed by atoms with van der Waals surface area (Å²) in [6.45, 7) is 0. The molecule has 0 aliphatic carbocycles. The molecule has 0 aliphatic rings. The van der Waals surface area contributed by atoms with E-state index >= 15 is 0 Å². The average molecular weight is 443 g/mol. The smallest absolute Gasteiger partial charge is 0.227 e. The van der Waals surface area contributed by atoms with Crippen LogP contribution in [0.3, 0.4) is 0 Å². The molecule has 0 radical (unpaired) electrons. The SMILES string of the molecule is O=C(CCc1nc(-c2ccc(F)cc2)no1)Nc1ncc(Cc2cccc(Cl)c2)s1. The second kappa shape index (κ2) is 9.15. The van der Waals surface area contributed by atoms with Crippen molar-refractivity contribution in [1.29, 1.82) is 0 Å². The zero-order valence-corrected chi connectivity index (χ0v) is 17.2. The molecule has 0 bridgehead atoms. The van der Waals surface area contributed by atoms with E-state index in [0.29, 0.717) is 40.3 Å². The van der Waals surface area contributed by atoms with Crippen LogP contribution < -0.4 is 5.32 Å². The molecule has 0 spiro atoms. The minimum atomic E-state index is -0.336. The highest BCUT2D eigenvalue weighted by atomic mass is 35.5. The number of halogens is 2. The summed E-state index contributed by atoms with van der Waals surface area (Å²) in [5.41, 5.74) is 1.73. The second-order valence-electron chi connectivity index (χ2n) is 6.51. The van der Waals surface area contributed by atoms with Crippen LogP contribution in [0.2, 0.25) is 5.02 Å². The molecule has 0 aliphatic heterocycles. The Hall–Kier alpha value is -3.10. The van der Waals surface area contributed by atoms with Crippen molar-refractivity contribution in [3.05, 3.63) is 81.9 Å². The Kier molecular flexibility index (Phi) is 6.15. The second-order valence-corrected chi connectivity index (χ2v) is 8.06. The number of anilines is 1. The molecule has 4 rings (SSSR count). The first-order valence-corrected chi connectivity index (χ1v) is 10.3. The van der Waals surface area contributed by atoms with Crippen LogP contribution in [0.4, 0.5) is 9.52 Å². The number of hydrogen-bond donors (Lipinski definition) is 1. The fourth-order valence-corrected chi connectivity index (χ4v) is 3.85. The quantitative estimate of drug-likeness (QED) is 0.428. The van der Waals surface area contributed by atoms with Gasteiger partial charge in [0.05, 0.1) is 0 Å². The lowest BCUT2D eigenvalue weighted by Crippen LogP contribution is -2.12. The van der Waals surface area contributed by atoms with Crippen LogP contribution in [0, 0.1) is 5.82 Å². The molecule has 0 unspecified atom stereocenters. The molecular formula is C21H16ClFN4O2S. The summed E-state index contributed by atoms with van der Waals surface area (Å²) in [7, 11) is 0. The fourth-order valence-electron chi connectivity index (χ4n) is 2.77. The van der Waals surface area contributed by atoms with E-state index in [2.05, 4.69) is 20.4 Å². The Labute approximate surface area is 180 Å². The average Bonchev–Trinajstić information content (AvgIpc) is 3.37. The van der Waals surface area contributed by atoms with Crippen molar-refractivity contribution in [2.24, 2.45) is 0 Å². The molecule has 0 saturated carbocycles. The molecule has 0 saturated heterocycles. The van der Waals surface area contributed by atoms with E-state index < -0.39 is 0 Å². The van der Waals surface area contributed by atoms with Gasteiger partial charge < -0.3 is 9.84 Å². The van der Waals surface area contributed by atoms with Crippen molar-refractivity contribution in [3.8, 4) is 11.4 Å². The number of hydrogen-bond acceptors (Lipinski definition) is 6. The number of aromatic nitrogens is 3. The number of rotatable bonds is 7. The van der Waals surface area contributed by atoms with Crippen LogP contribution in [0.25, 0.3) is 11.4 Å². The standard InChI is InChI=1S/C21H16ClFN4O2S/c22-15-3-1-2-13(10-15)11-17-12-24-21(30-17)25-18(28)8-9-19-26-20(27-29-19)14-4-6-16(23)7-5-14/h1-7,10,12H,8-9,11H2,(H,24,25,28). The van der Waals surface area contributed by atoms with Crippen LogP contribution in [-0.4, -0.2) is 21.0 Å². The number of carbonyl (C=O) groups is 1. The predicted octanol–water partition coefficient (Wildman–Crippen LogP) is 5.15. The van der Waals surface area contributed by atoms with E-state index in [1.54, 1.807) is 18.3 Å². The van der Waals surface area contributed by atoms with Gasteiger partial charge in [-0.1, -0.05) is 28.9 Å². The molecule has 1 amide bonds. The Bertz CT molecular complexity index is 1160. The molecule has 2 aromatic carbocycles. The van der Waals surface area contributed by atoms with E-state index in [4.69, 9.17) is 16.1 Å². The largest absolute Gasteiger partial charge is 0.339 e. The number of nitrogens with one attached hydrogen (secondary N) is 1. The van der Waals surface area contributed by atoms with Crippen molar-refractivity contribution in [1.82, 2.24) is 15.1 Å². The van der Waals surface area contributed by atoms with E-state index in [-0.39, 0.29) is 18.1 Å². The molecule has 4 aromatic rings. The van der Waals surface area contributed by atoms with E-state index in [0.717, 1.165) is 10.4 Å². The lowest BCUT2D eigenvalue weighted by Gasteiger charge is -2.00. The van der Waals surface area contributed by atoms with Crippen LogP contribution in [0.5, 0.6) is 0 Å². The number of aryl methyl sites for hydroxylation is 1. The summed E-state index contributed by atoms with van der Waals surface area (Å²) in [5.74, 6) is 0.165. The van der Waals surface area contributed by atoms with Crippen molar-refractivity contribution >= 4 is 34.0 Å². The maximum atomic E-state index is 13.0. The first kappa shape index (κ1) is 20.2. The summed E-state index contributed by atoms with van der Waals surface area (Å²) in [6.07, 6.45) is 2.91. The first-order valence-electron chi connectivity index (χ1n) is 9.13. The number of nitrogens with zero attached hydrogens (tertiary/aromatic N) is 3. The molecule has 0 atom stereocenters. The summed E-state index contributed by atoms with van der Waals surface area (Å²) >= 11 is 7.43. The lowest BCUT2D eigenvalue weighted by atomic mass is 10.1. The zero-order valence-electron chi connectivity index (χ0n) is 15.6. The van der Waals surface area contributed by atoms with E-state index in [1.165, 1.54) is 23.5 Å². The van der Waals surface area contributed by atoms with Gasteiger partial charge in [-0.15, -0.1) is 11.3 Å². The van der Waals surface area contributed by atoms with Gasteiger partial charge in [0.1, 0.15) is 5.82 Å². The molecule has 152 valence electrons. The number of amides is 1. The monoisotopic (exact) mass is 442 g/mol. The third-order valence-corrected chi connectivity index (χ3v) is 5.35. The summed E-state index contributed by atoms with van der Waals surface area (Å²) in [6, 6.07) is 13.4. The zero-order chi connectivity index (χ0) is 20.9. The topological polar surface area (TPSA) is 80.9 Å². The summed E-state index contributed by atoms with van der Waals surface area (Å²) in [4.78, 5) is 21.7. The van der Waals surface area contributed by atoms with Crippen molar-refractivity contribution in [3.63, 3.8) is 0 Å². The number of thiazole rings is 1. The highest BCUT2D eigenvalue weighted by Gasteiger charge is 2.12. The van der Waals surface area contributed by atoms with Crippen molar-refractivity contribution in [2.45, 2.75) is 19.3 Å². The molecule has 6 nitrogen and oxygen atoms in total. The number of benzene rings is 2. The number of carbonyl (C=O) groups excluding carboxylic acids is 1. The van der Waals surface area contributed by atoms with Gasteiger partial charge in [0.2, 0.25) is 17.6 Å².